The highest BCUT2D eigenvalue weighted by molar-refractivity contribution is 5.76. The Morgan fingerprint density at radius 2 is 1.72 bits per heavy atom. The molecule has 0 aliphatic heterocycles. The molecular formula is C25H28N2O2. The van der Waals surface area contributed by atoms with Gasteiger partial charge in [-0.2, -0.15) is 0 Å². The number of aromatic nitrogens is 1. The van der Waals surface area contributed by atoms with Gasteiger partial charge >= 0.3 is 0 Å². The standard InChI is InChI=1S/C25H28N2O2/c1-20-12-14-21(15-13-20)18-24(23-10-5-6-16-26-23)27-25(28)11-7-17-29-19-22-8-3-2-4-9-22/h2-6,8-10,12-16,24H,7,11,17-19H2,1H3,(H,27,28). The Balaban J connectivity index is 1.49. The van der Waals surface area contributed by atoms with E-state index in [-0.39, 0.29) is 11.9 Å². The molecule has 0 spiro atoms. The Morgan fingerprint density at radius 3 is 2.45 bits per heavy atom. The Labute approximate surface area is 173 Å². The molecule has 1 unspecified atom stereocenters. The fraction of sp³-hybridized carbons (Fsp3) is 0.280. The van der Waals surface area contributed by atoms with E-state index in [1.54, 1.807) is 6.20 Å². The highest BCUT2D eigenvalue weighted by Crippen LogP contribution is 2.17. The molecule has 0 bridgehead atoms. The van der Waals surface area contributed by atoms with Gasteiger partial charge in [-0.25, -0.2) is 0 Å². The van der Waals surface area contributed by atoms with Gasteiger partial charge in [0.25, 0.3) is 0 Å². The molecule has 0 saturated heterocycles. The van der Waals surface area contributed by atoms with E-state index < -0.39 is 0 Å². The highest BCUT2D eigenvalue weighted by atomic mass is 16.5. The van der Waals surface area contributed by atoms with Crippen molar-refractivity contribution >= 4 is 5.91 Å². The lowest BCUT2D eigenvalue weighted by atomic mass is 10.0. The van der Waals surface area contributed by atoms with Gasteiger partial charge in [-0.1, -0.05) is 66.2 Å². The van der Waals surface area contributed by atoms with E-state index in [0.717, 1.165) is 11.3 Å². The predicted octanol–water partition coefficient (Wildman–Crippen LogP) is 4.79. The molecular weight excluding hydrogens is 360 g/mol. The van der Waals surface area contributed by atoms with Crippen molar-refractivity contribution < 1.29 is 9.53 Å². The molecule has 0 aliphatic rings. The van der Waals surface area contributed by atoms with E-state index in [9.17, 15) is 4.79 Å². The lowest BCUT2D eigenvalue weighted by Crippen LogP contribution is -2.30. The second-order valence-electron chi connectivity index (χ2n) is 7.21. The van der Waals surface area contributed by atoms with Gasteiger partial charge in [0.1, 0.15) is 0 Å². The lowest BCUT2D eigenvalue weighted by molar-refractivity contribution is -0.122. The maximum Gasteiger partial charge on any atom is 0.220 e. The summed E-state index contributed by atoms with van der Waals surface area (Å²) >= 11 is 0. The molecule has 0 aliphatic carbocycles. The van der Waals surface area contributed by atoms with E-state index in [1.807, 2.05) is 48.5 Å². The van der Waals surface area contributed by atoms with Crippen molar-refractivity contribution in [2.75, 3.05) is 6.61 Å². The van der Waals surface area contributed by atoms with E-state index >= 15 is 0 Å². The van der Waals surface area contributed by atoms with Crippen LogP contribution in [0.25, 0.3) is 0 Å². The minimum Gasteiger partial charge on any atom is -0.377 e. The van der Waals surface area contributed by atoms with E-state index in [1.165, 1.54) is 11.1 Å². The Morgan fingerprint density at radius 1 is 0.966 bits per heavy atom. The van der Waals surface area contributed by atoms with Gasteiger partial charge in [0.15, 0.2) is 0 Å². The molecule has 3 rings (SSSR count). The Hall–Kier alpha value is -2.98. The number of ether oxygens (including phenoxy) is 1. The molecule has 1 amide bonds. The van der Waals surface area contributed by atoms with Crippen LogP contribution < -0.4 is 5.32 Å². The summed E-state index contributed by atoms with van der Waals surface area (Å²) in [5.74, 6) is 0.0241. The van der Waals surface area contributed by atoms with Gasteiger partial charge in [-0.05, 0) is 43.0 Å². The number of nitrogens with zero attached hydrogens (tertiary/aromatic N) is 1. The topological polar surface area (TPSA) is 51.2 Å². The number of rotatable bonds is 10. The van der Waals surface area contributed by atoms with Crippen molar-refractivity contribution in [2.45, 2.75) is 38.8 Å². The molecule has 1 heterocycles. The summed E-state index contributed by atoms with van der Waals surface area (Å²) < 4.78 is 5.67. The third-order valence-corrected chi connectivity index (χ3v) is 4.74. The van der Waals surface area contributed by atoms with Crippen LogP contribution in [0.3, 0.4) is 0 Å². The second-order valence-corrected chi connectivity index (χ2v) is 7.21. The molecule has 2 aromatic carbocycles. The summed E-state index contributed by atoms with van der Waals surface area (Å²) in [5.41, 5.74) is 4.42. The average Bonchev–Trinajstić information content (AvgIpc) is 2.76. The number of carbonyl (C=O) groups excluding carboxylic acids is 1. The quantitative estimate of drug-likeness (QED) is 0.508. The van der Waals surface area contributed by atoms with E-state index in [0.29, 0.717) is 32.5 Å². The molecule has 1 N–H and O–H groups in total. The molecule has 29 heavy (non-hydrogen) atoms. The summed E-state index contributed by atoms with van der Waals surface area (Å²) in [6, 6.07) is 24.1. The molecule has 4 nitrogen and oxygen atoms in total. The zero-order chi connectivity index (χ0) is 20.3. The van der Waals surface area contributed by atoms with Crippen molar-refractivity contribution in [1.29, 1.82) is 0 Å². The summed E-state index contributed by atoms with van der Waals surface area (Å²) in [6.45, 7) is 3.21. The maximum atomic E-state index is 12.5. The summed E-state index contributed by atoms with van der Waals surface area (Å²) in [4.78, 5) is 17.0. The number of benzene rings is 2. The largest absolute Gasteiger partial charge is 0.377 e. The fourth-order valence-corrected chi connectivity index (χ4v) is 3.14. The van der Waals surface area contributed by atoms with Gasteiger partial charge in [0, 0.05) is 19.2 Å². The molecule has 1 atom stereocenters. The number of amides is 1. The first-order chi connectivity index (χ1) is 14.2. The van der Waals surface area contributed by atoms with Crippen molar-refractivity contribution in [3.8, 4) is 0 Å². The number of aryl methyl sites for hydroxylation is 1. The van der Waals surface area contributed by atoms with Gasteiger partial charge in [-0.3, -0.25) is 9.78 Å². The van der Waals surface area contributed by atoms with Crippen LogP contribution in [0.4, 0.5) is 0 Å². The lowest BCUT2D eigenvalue weighted by Gasteiger charge is -2.19. The number of nitrogens with one attached hydrogen (secondary N) is 1. The van der Waals surface area contributed by atoms with Crippen LogP contribution in [-0.4, -0.2) is 17.5 Å². The fourth-order valence-electron chi connectivity index (χ4n) is 3.14. The third kappa shape index (κ3) is 7.16. The Kier molecular flexibility index (Phi) is 7.96. The summed E-state index contributed by atoms with van der Waals surface area (Å²) in [6.07, 6.45) is 3.61. The SMILES string of the molecule is Cc1ccc(CC(NC(=O)CCCOCc2ccccc2)c2ccccn2)cc1. The van der Waals surface area contributed by atoms with Crippen molar-refractivity contribution in [1.82, 2.24) is 10.3 Å². The molecule has 4 heteroatoms. The second kappa shape index (κ2) is 11.1. The first-order valence-electron chi connectivity index (χ1n) is 10.1. The predicted molar refractivity (Wildman–Crippen MR) is 115 cm³/mol. The van der Waals surface area contributed by atoms with Crippen LogP contribution in [0.15, 0.2) is 79.0 Å². The Bertz CT molecular complexity index is 864. The number of carbonyl (C=O) groups is 1. The smallest absolute Gasteiger partial charge is 0.220 e. The minimum atomic E-state index is -0.142. The summed E-state index contributed by atoms with van der Waals surface area (Å²) in [5, 5.41) is 3.15. The maximum absolute atomic E-state index is 12.5. The normalized spacial score (nSPS) is 11.8. The number of hydrogen-bond donors (Lipinski definition) is 1. The van der Waals surface area contributed by atoms with E-state index in [4.69, 9.17) is 4.74 Å². The van der Waals surface area contributed by atoms with Crippen LogP contribution in [0.2, 0.25) is 0 Å². The van der Waals surface area contributed by atoms with Gasteiger partial charge in [-0.15, -0.1) is 0 Å². The third-order valence-electron chi connectivity index (χ3n) is 4.74. The van der Waals surface area contributed by atoms with Crippen LogP contribution in [-0.2, 0) is 22.6 Å². The zero-order valence-corrected chi connectivity index (χ0v) is 16.9. The van der Waals surface area contributed by atoms with Crippen LogP contribution in [0.5, 0.6) is 0 Å². The first-order valence-corrected chi connectivity index (χ1v) is 10.1. The van der Waals surface area contributed by atoms with Crippen molar-refractivity contribution in [2.24, 2.45) is 0 Å². The number of pyridine rings is 1. The van der Waals surface area contributed by atoms with Crippen LogP contribution in [0.1, 0.15) is 41.3 Å². The van der Waals surface area contributed by atoms with Gasteiger partial charge < -0.3 is 10.1 Å². The molecule has 150 valence electrons. The minimum absolute atomic E-state index is 0.0241. The summed E-state index contributed by atoms with van der Waals surface area (Å²) in [7, 11) is 0. The highest BCUT2D eigenvalue weighted by Gasteiger charge is 2.16. The number of hydrogen-bond acceptors (Lipinski definition) is 3. The monoisotopic (exact) mass is 388 g/mol. The van der Waals surface area contributed by atoms with Crippen molar-refractivity contribution in [3.63, 3.8) is 0 Å². The molecule has 0 radical (unpaired) electrons. The van der Waals surface area contributed by atoms with Crippen LogP contribution >= 0.6 is 0 Å². The van der Waals surface area contributed by atoms with Gasteiger partial charge in [0.2, 0.25) is 5.91 Å². The zero-order valence-electron chi connectivity index (χ0n) is 16.9. The van der Waals surface area contributed by atoms with Gasteiger partial charge in [0.05, 0.1) is 18.3 Å². The average molecular weight is 389 g/mol. The van der Waals surface area contributed by atoms with Crippen LogP contribution in [0, 0.1) is 6.92 Å². The van der Waals surface area contributed by atoms with E-state index in [2.05, 4.69) is 41.5 Å². The molecule has 0 fully saturated rings. The molecule has 1 aromatic heterocycles. The molecule has 0 saturated carbocycles. The first kappa shape index (κ1) is 20.7. The van der Waals surface area contributed by atoms with Crippen molar-refractivity contribution in [3.05, 3.63) is 101 Å². The molecule has 3 aromatic rings.